The molecule has 19 heavy (non-hydrogen) atoms. The van der Waals surface area contributed by atoms with Crippen molar-refractivity contribution in [3.8, 4) is 0 Å². The van der Waals surface area contributed by atoms with Gasteiger partial charge in [0.15, 0.2) is 11.6 Å². The quantitative estimate of drug-likeness (QED) is 0.806. The average molecular weight is 269 g/mol. The third-order valence-electron chi connectivity index (χ3n) is 2.07. The monoisotopic (exact) mass is 269 g/mol. The van der Waals surface area contributed by atoms with Gasteiger partial charge in [0.2, 0.25) is 0 Å². The van der Waals surface area contributed by atoms with Crippen LogP contribution in [0.2, 0.25) is 0 Å². The number of anilines is 1. The van der Waals surface area contributed by atoms with Gasteiger partial charge in [-0.15, -0.1) is 0 Å². The van der Waals surface area contributed by atoms with E-state index in [9.17, 15) is 9.18 Å². The highest BCUT2D eigenvalue weighted by Crippen LogP contribution is 2.08. The molecule has 5 nitrogen and oxygen atoms in total. The SMILES string of the molecule is CC(C)(C)OC(=O)NCCCNc1ncccc1F. The molecule has 0 spiro atoms. The minimum absolute atomic E-state index is 0.222. The molecule has 0 bridgehead atoms. The molecule has 0 aliphatic carbocycles. The minimum atomic E-state index is -0.501. The first kappa shape index (κ1) is 15.2. The molecule has 1 heterocycles. The van der Waals surface area contributed by atoms with Crippen molar-refractivity contribution in [3.05, 3.63) is 24.1 Å². The van der Waals surface area contributed by atoms with Crippen LogP contribution in [-0.2, 0) is 4.74 Å². The fourth-order valence-corrected chi connectivity index (χ4v) is 1.32. The molecule has 2 N–H and O–H groups in total. The van der Waals surface area contributed by atoms with E-state index in [-0.39, 0.29) is 11.6 Å². The number of aromatic nitrogens is 1. The lowest BCUT2D eigenvalue weighted by molar-refractivity contribution is 0.0528. The zero-order valence-electron chi connectivity index (χ0n) is 11.5. The van der Waals surface area contributed by atoms with Crippen LogP contribution in [0.25, 0.3) is 0 Å². The van der Waals surface area contributed by atoms with Crippen molar-refractivity contribution in [2.45, 2.75) is 32.8 Å². The van der Waals surface area contributed by atoms with Crippen LogP contribution < -0.4 is 10.6 Å². The van der Waals surface area contributed by atoms with Crippen molar-refractivity contribution in [2.75, 3.05) is 18.4 Å². The zero-order chi connectivity index (χ0) is 14.3. The van der Waals surface area contributed by atoms with Crippen LogP contribution in [-0.4, -0.2) is 29.8 Å². The summed E-state index contributed by atoms with van der Waals surface area (Å²) in [5.41, 5.74) is -0.501. The molecule has 1 amide bonds. The van der Waals surface area contributed by atoms with Gasteiger partial charge in [0.1, 0.15) is 5.60 Å². The fourth-order valence-electron chi connectivity index (χ4n) is 1.32. The largest absolute Gasteiger partial charge is 0.444 e. The van der Waals surface area contributed by atoms with Gasteiger partial charge in [0, 0.05) is 19.3 Å². The minimum Gasteiger partial charge on any atom is -0.444 e. The van der Waals surface area contributed by atoms with Crippen LogP contribution in [0, 0.1) is 5.82 Å². The lowest BCUT2D eigenvalue weighted by atomic mass is 10.2. The Balaban J connectivity index is 2.15. The van der Waals surface area contributed by atoms with E-state index in [2.05, 4.69) is 15.6 Å². The molecule has 0 fully saturated rings. The third-order valence-corrected chi connectivity index (χ3v) is 2.07. The first-order valence-electron chi connectivity index (χ1n) is 6.20. The van der Waals surface area contributed by atoms with Gasteiger partial charge in [-0.3, -0.25) is 0 Å². The molecule has 1 aromatic rings. The van der Waals surface area contributed by atoms with Crippen molar-refractivity contribution in [1.29, 1.82) is 0 Å². The van der Waals surface area contributed by atoms with E-state index in [1.54, 1.807) is 20.8 Å². The molecule has 0 aromatic carbocycles. The summed E-state index contributed by atoms with van der Waals surface area (Å²) in [7, 11) is 0. The number of alkyl carbamates (subject to hydrolysis) is 1. The van der Waals surface area contributed by atoms with Crippen LogP contribution in [0.15, 0.2) is 18.3 Å². The molecule has 0 saturated carbocycles. The van der Waals surface area contributed by atoms with Gasteiger partial charge in [0.25, 0.3) is 0 Å². The van der Waals surface area contributed by atoms with Gasteiger partial charge in [-0.2, -0.15) is 0 Å². The van der Waals surface area contributed by atoms with E-state index in [4.69, 9.17) is 4.74 Å². The van der Waals surface area contributed by atoms with E-state index in [1.165, 1.54) is 18.3 Å². The molecular formula is C13H20FN3O2. The standard InChI is InChI=1S/C13H20FN3O2/c1-13(2,3)19-12(18)17-9-5-8-16-11-10(14)6-4-7-15-11/h4,6-7H,5,8-9H2,1-3H3,(H,15,16)(H,17,18). The highest BCUT2D eigenvalue weighted by Gasteiger charge is 2.15. The van der Waals surface area contributed by atoms with Gasteiger partial charge in [0.05, 0.1) is 0 Å². The molecule has 0 atom stereocenters. The Bertz CT molecular complexity index is 419. The number of hydrogen-bond donors (Lipinski definition) is 2. The van der Waals surface area contributed by atoms with E-state index < -0.39 is 11.7 Å². The first-order valence-corrected chi connectivity index (χ1v) is 6.20. The van der Waals surface area contributed by atoms with Crippen LogP contribution >= 0.6 is 0 Å². The second-order valence-electron chi connectivity index (χ2n) is 5.04. The lowest BCUT2D eigenvalue weighted by Crippen LogP contribution is -2.33. The lowest BCUT2D eigenvalue weighted by Gasteiger charge is -2.19. The van der Waals surface area contributed by atoms with Crippen molar-refractivity contribution < 1.29 is 13.9 Å². The summed E-state index contributed by atoms with van der Waals surface area (Å²) in [6.45, 7) is 6.38. The molecule has 1 rings (SSSR count). The first-order chi connectivity index (χ1) is 8.88. The number of halogens is 1. The highest BCUT2D eigenvalue weighted by atomic mass is 19.1. The van der Waals surface area contributed by atoms with E-state index in [0.717, 1.165) is 0 Å². The number of carbonyl (C=O) groups is 1. The predicted molar refractivity (Wildman–Crippen MR) is 71.5 cm³/mol. The molecule has 0 radical (unpaired) electrons. The van der Waals surface area contributed by atoms with Crippen LogP contribution in [0.5, 0.6) is 0 Å². The molecule has 0 aliphatic rings. The second-order valence-corrected chi connectivity index (χ2v) is 5.04. The molecule has 1 aromatic heterocycles. The number of rotatable bonds is 5. The molecule has 0 unspecified atom stereocenters. The molecule has 6 heteroatoms. The number of nitrogens with zero attached hydrogens (tertiary/aromatic N) is 1. The van der Waals surface area contributed by atoms with Crippen molar-refractivity contribution in [2.24, 2.45) is 0 Å². The van der Waals surface area contributed by atoms with Gasteiger partial charge < -0.3 is 15.4 Å². The van der Waals surface area contributed by atoms with Crippen molar-refractivity contribution >= 4 is 11.9 Å². The number of ether oxygens (including phenoxy) is 1. The summed E-state index contributed by atoms with van der Waals surface area (Å²) in [6, 6.07) is 2.87. The number of hydrogen-bond acceptors (Lipinski definition) is 4. The van der Waals surface area contributed by atoms with Crippen LogP contribution in [0.4, 0.5) is 15.0 Å². The molecule has 106 valence electrons. The van der Waals surface area contributed by atoms with Crippen molar-refractivity contribution in [3.63, 3.8) is 0 Å². The Morgan fingerprint density at radius 2 is 2.16 bits per heavy atom. The van der Waals surface area contributed by atoms with Gasteiger partial charge in [-0.1, -0.05) is 0 Å². The Hall–Kier alpha value is -1.85. The second kappa shape index (κ2) is 6.92. The Kier molecular flexibility index (Phi) is 5.54. The summed E-state index contributed by atoms with van der Waals surface area (Å²) in [5, 5.41) is 5.48. The summed E-state index contributed by atoms with van der Waals surface area (Å²) >= 11 is 0. The maximum atomic E-state index is 13.2. The van der Waals surface area contributed by atoms with Crippen LogP contribution in [0.1, 0.15) is 27.2 Å². The number of amides is 1. The maximum Gasteiger partial charge on any atom is 0.407 e. The smallest absolute Gasteiger partial charge is 0.407 e. The van der Waals surface area contributed by atoms with Gasteiger partial charge >= 0.3 is 6.09 Å². The normalized spacial score (nSPS) is 10.9. The molecule has 0 saturated heterocycles. The number of nitrogens with one attached hydrogen (secondary N) is 2. The fraction of sp³-hybridized carbons (Fsp3) is 0.538. The van der Waals surface area contributed by atoms with E-state index >= 15 is 0 Å². The molecule has 0 aliphatic heterocycles. The number of pyridine rings is 1. The van der Waals surface area contributed by atoms with E-state index in [0.29, 0.717) is 19.5 Å². The van der Waals surface area contributed by atoms with Crippen molar-refractivity contribution in [1.82, 2.24) is 10.3 Å². The van der Waals surface area contributed by atoms with Crippen LogP contribution in [0.3, 0.4) is 0 Å². The average Bonchev–Trinajstić information content (AvgIpc) is 2.28. The summed E-state index contributed by atoms with van der Waals surface area (Å²) in [4.78, 5) is 15.2. The molecular weight excluding hydrogens is 249 g/mol. The summed E-state index contributed by atoms with van der Waals surface area (Å²) < 4.78 is 18.3. The maximum absolute atomic E-state index is 13.2. The Morgan fingerprint density at radius 1 is 1.42 bits per heavy atom. The highest BCUT2D eigenvalue weighted by molar-refractivity contribution is 5.67. The topological polar surface area (TPSA) is 63.2 Å². The summed E-state index contributed by atoms with van der Waals surface area (Å²) in [6.07, 6.45) is 1.72. The predicted octanol–water partition coefficient (Wildman–Crippen LogP) is 2.55. The Labute approximate surface area is 112 Å². The van der Waals surface area contributed by atoms with Gasteiger partial charge in [-0.25, -0.2) is 14.2 Å². The summed E-state index contributed by atoms with van der Waals surface area (Å²) in [5.74, 6) is -0.164. The Morgan fingerprint density at radius 3 is 2.79 bits per heavy atom. The zero-order valence-corrected chi connectivity index (χ0v) is 11.5. The number of carbonyl (C=O) groups excluding carboxylic acids is 1. The third kappa shape index (κ3) is 6.59. The van der Waals surface area contributed by atoms with Gasteiger partial charge in [-0.05, 0) is 39.3 Å². The van der Waals surface area contributed by atoms with E-state index in [1.807, 2.05) is 0 Å².